The molecular weight excluding hydrogens is 179 g/mol. The van der Waals surface area contributed by atoms with Crippen molar-refractivity contribution >= 4 is 0 Å². The number of ether oxygens (including phenoxy) is 1. The lowest BCUT2D eigenvalue weighted by atomic mass is 10.0. The molecule has 0 N–H and O–H groups in total. The van der Waals surface area contributed by atoms with Gasteiger partial charge >= 0.3 is 0 Å². The van der Waals surface area contributed by atoms with E-state index in [4.69, 9.17) is 4.74 Å². The molecule has 0 radical (unpaired) electrons. The Hall–Kier alpha value is -0.790. The SMILES string of the molecule is C=C1CC(C)/C(F)=C\CCC(C)CO1. The molecule has 0 bridgehead atoms. The highest BCUT2D eigenvalue weighted by molar-refractivity contribution is 5.01. The predicted octanol–water partition coefficient (Wildman–Crippen LogP) is 3.83. The van der Waals surface area contributed by atoms with Crippen LogP contribution in [0.25, 0.3) is 0 Å². The van der Waals surface area contributed by atoms with Crippen molar-refractivity contribution in [1.82, 2.24) is 0 Å². The fraction of sp³-hybridized carbons (Fsp3) is 0.667. The average molecular weight is 198 g/mol. The van der Waals surface area contributed by atoms with Crippen molar-refractivity contribution in [2.24, 2.45) is 11.8 Å². The van der Waals surface area contributed by atoms with E-state index < -0.39 is 0 Å². The first-order valence-corrected chi connectivity index (χ1v) is 5.25. The van der Waals surface area contributed by atoms with Gasteiger partial charge in [-0.3, -0.25) is 0 Å². The molecule has 0 saturated carbocycles. The molecule has 2 heteroatoms. The van der Waals surface area contributed by atoms with E-state index in [2.05, 4.69) is 13.5 Å². The number of rotatable bonds is 0. The molecule has 0 aliphatic carbocycles. The number of hydrogen-bond donors (Lipinski definition) is 0. The normalized spacial score (nSPS) is 34.2. The van der Waals surface area contributed by atoms with Crippen molar-refractivity contribution in [2.45, 2.75) is 33.1 Å². The van der Waals surface area contributed by atoms with Gasteiger partial charge in [0.25, 0.3) is 0 Å². The summed E-state index contributed by atoms with van der Waals surface area (Å²) in [5.74, 6) is 1.07. The van der Waals surface area contributed by atoms with Gasteiger partial charge in [0.2, 0.25) is 0 Å². The summed E-state index contributed by atoms with van der Waals surface area (Å²) in [7, 11) is 0. The van der Waals surface area contributed by atoms with Crippen LogP contribution in [0.4, 0.5) is 4.39 Å². The number of hydrogen-bond acceptors (Lipinski definition) is 1. The Morgan fingerprint density at radius 1 is 1.50 bits per heavy atom. The highest BCUT2D eigenvalue weighted by Gasteiger charge is 2.13. The summed E-state index contributed by atoms with van der Waals surface area (Å²) >= 11 is 0. The van der Waals surface area contributed by atoms with Crippen LogP contribution in [0.3, 0.4) is 0 Å². The fourth-order valence-corrected chi connectivity index (χ4v) is 1.55. The molecule has 0 spiro atoms. The van der Waals surface area contributed by atoms with Crippen LogP contribution in [-0.2, 0) is 4.74 Å². The molecule has 0 aromatic rings. The average Bonchev–Trinajstić information content (AvgIpc) is 2.13. The molecule has 1 heterocycles. The van der Waals surface area contributed by atoms with Crippen LogP contribution < -0.4 is 0 Å². The maximum Gasteiger partial charge on any atom is 0.0992 e. The van der Waals surface area contributed by atoms with Gasteiger partial charge in [-0.15, -0.1) is 0 Å². The second-order valence-electron chi connectivity index (χ2n) is 4.23. The zero-order valence-corrected chi connectivity index (χ0v) is 9.05. The first-order chi connectivity index (χ1) is 6.59. The topological polar surface area (TPSA) is 9.23 Å². The third-order valence-electron chi connectivity index (χ3n) is 2.58. The van der Waals surface area contributed by atoms with Gasteiger partial charge in [-0.25, -0.2) is 4.39 Å². The second-order valence-corrected chi connectivity index (χ2v) is 4.23. The van der Waals surface area contributed by atoms with Crippen molar-refractivity contribution in [2.75, 3.05) is 6.61 Å². The lowest BCUT2D eigenvalue weighted by Gasteiger charge is -2.18. The quantitative estimate of drug-likeness (QED) is 0.575. The van der Waals surface area contributed by atoms with E-state index in [1.807, 2.05) is 6.92 Å². The molecule has 2 unspecified atom stereocenters. The Labute approximate surface area is 85.6 Å². The Kier molecular flexibility index (Phi) is 4.18. The molecule has 0 fully saturated rings. The van der Waals surface area contributed by atoms with Crippen molar-refractivity contribution < 1.29 is 9.13 Å². The smallest absolute Gasteiger partial charge is 0.0992 e. The summed E-state index contributed by atoms with van der Waals surface area (Å²) < 4.78 is 18.9. The van der Waals surface area contributed by atoms with Crippen molar-refractivity contribution in [3.05, 3.63) is 24.2 Å². The first kappa shape index (κ1) is 11.3. The monoisotopic (exact) mass is 198 g/mol. The summed E-state index contributed by atoms with van der Waals surface area (Å²) in [6.45, 7) is 8.48. The summed E-state index contributed by atoms with van der Waals surface area (Å²) in [5, 5.41) is 0. The van der Waals surface area contributed by atoms with Gasteiger partial charge in [-0.05, 0) is 18.8 Å². The van der Waals surface area contributed by atoms with Crippen LogP contribution in [0.2, 0.25) is 0 Å². The van der Waals surface area contributed by atoms with E-state index in [0.29, 0.717) is 24.7 Å². The zero-order chi connectivity index (χ0) is 10.6. The predicted molar refractivity (Wildman–Crippen MR) is 56.5 cm³/mol. The third kappa shape index (κ3) is 3.52. The van der Waals surface area contributed by atoms with E-state index in [9.17, 15) is 4.39 Å². The highest BCUT2D eigenvalue weighted by Crippen LogP contribution is 2.24. The molecule has 2 atom stereocenters. The maximum atomic E-state index is 13.4. The van der Waals surface area contributed by atoms with E-state index in [1.54, 1.807) is 6.08 Å². The van der Waals surface area contributed by atoms with E-state index in [1.165, 1.54) is 0 Å². The van der Waals surface area contributed by atoms with Gasteiger partial charge in [-0.2, -0.15) is 0 Å². The fourth-order valence-electron chi connectivity index (χ4n) is 1.55. The van der Waals surface area contributed by atoms with Crippen LogP contribution in [0.5, 0.6) is 0 Å². The van der Waals surface area contributed by atoms with Crippen molar-refractivity contribution in [3.8, 4) is 0 Å². The van der Waals surface area contributed by atoms with Crippen molar-refractivity contribution in [3.63, 3.8) is 0 Å². The summed E-state index contributed by atoms with van der Waals surface area (Å²) in [5.41, 5.74) is 0. The number of allylic oxidation sites excluding steroid dienone is 3. The van der Waals surface area contributed by atoms with Gasteiger partial charge in [0.05, 0.1) is 18.2 Å². The van der Waals surface area contributed by atoms with Crippen LogP contribution >= 0.6 is 0 Å². The minimum Gasteiger partial charge on any atom is -0.498 e. The minimum atomic E-state index is -0.0871. The molecule has 0 amide bonds. The number of halogens is 1. The molecular formula is C12H19FO. The highest BCUT2D eigenvalue weighted by atomic mass is 19.1. The van der Waals surface area contributed by atoms with E-state index in [0.717, 1.165) is 12.8 Å². The molecule has 1 rings (SSSR count). The van der Waals surface area contributed by atoms with Crippen LogP contribution in [0.15, 0.2) is 24.2 Å². The van der Waals surface area contributed by atoms with Crippen LogP contribution in [-0.4, -0.2) is 6.61 Å². The molecule has 0 aromatic heterocycles. The molecule has 14 heavy (non-hydrogen) atoms. The van der Waals surface area contributed by atoms with Crippen LogP contribution in [0, 0.1) is 11.8 Å². The summed E-state index contributed by atoms with van der Waals surface area (Å²) in [4.78, 5) is 0. The molecule has 1 aliphatic heterocycles. The molecule has 0 aromatic carbocycles. The Morgan fingerprint density at radius 3 is 2.93 bits per heavy atom. The Balaban J connectivity index is 2.63. The van der Waals surface area contributed by atoms with Gasteiger partial charge in [-0.1, -0.05) is 26.5 Å². The molecule has 1 nitrogen and oxygen atoms in total. The standard InChI is InChI=1S/C12H19FO/c1-9-5-4-6-12(13)10(2)7-11(3)14-8-9/h6,9-10H,3-5,7-8H2,1-2H3/b12-6+. The van der Waals surface area contributed by atoms with E-state index in [-0.39, 0.29) is 11.7 Å². The van der Waals surface area contributed by atoms with Gasteiger partial charge in [0.15, 0.2) is 0 Å². The third-order valence-corrected chi connectivity index (χ3v) is 2.58. The lowest BCUT2D eigenvalue weighted by Crippen LogP contribution is -2.09. The van der Waals surface area contributed by atoms with Gasteiger partial charge in [0, 0.05) is 12.3 Å². The zero-order valence-electron chi connectivity index (χ0n) is 9.05. The maximum absolute atomic E-state index is 13.4. The molecule has 80 valence electrons. The van der Waals surface area contributed by atoms with Gasteiger partial charge in [0.1, 0.15) is 0 Å². The largest absolute Gasteiger partial charge is 0.498 e. The second kappa shape index (κ2) is 5.18. The summed E-state index contributed by atoms with van der Waals surface area (Å²) in [6, 6.07) is 0. The Bertz CT molecular complexity index is 232. The summed E-state index contributed by atoms with van der Waals surface area (Å²) in [6.07, 6.45) is 4.09. The Morgan fingerprint density at radius 2 is 2.21 bits per heavy atom. The molecule has 0 saturated heterocycles. The van der Waals surface area contributed by atoms with E-state index >= 15 is 0 Å². The lowest BCUT2D eigenvalue weighted by molar-refractivity contribution is 0.154. The first-order valence-electron chi connectivity index (χ1n) is 5.25. The van der Waals surface area contributed by atoms with Crippen molar-refractivity contribution in [1.29, 1.82) is 0 Å². The van der Waals surface area contributed by atoms with Crippen LogP contribution in [0.1, 0.15) is 33.1 Å². The minimum absolute atomic E-state index is 0.0242. The van der Waals surface area contributed by atoms with Gasteiger partial charge < -0.3 is 4.74 Å². The molecule has 1 aliphatic rings.